The van der Waals surface area contributed by atoms with Crippen molar-refractivity contribution in [2.75, 3.05) is 5.75 Å². The first kappa shape index (κ1) is 15.8. The van der Waals surface area contributed by atoms with E-state index in [0.717, 1.165) is 0 Å². The summed E-state index contributed by atoms with van der Waals surface area (Å²) in [5.74, 6) is -0.952. The molecule has 0 spiro atoms. The van der Waals surface area contributed by atoms with Crippen LogP contribution >= 0.6 is 0 Å². The van der Waals surface area contributed by atoms with Gasteiger partial charge in [0.05, 0.1) is 10.1 Å². The molecule has 0 amide bonds. The predicted octanol–water partition coefficient (Wildman–Crippen LogP) is -2.12. The van der Waals surface area contributed by atoms with Crippen LogP contribution in [0.3, 0.4) is 0 Å². The van der Waals surface area contributed by atoms with Crippen LogP contribution in [0, 0.1) is 0 Å². The summed E-state index contributed by atoms with van der Waals surface area (Å²) >= 11 is 0. The average Bonchev–Trinajstić information content (AvgIpc) is 1.55. The summed E-state index contributed by atoms with van der Waals surface area (Å²) in [5, 5.41) is 0. The maximum absolute atomic E-state index is 11.3. The third kappa shape index (κ3) is 13.9. The van der Waals surface area contributed by atoms with Crippen molar-refractivity contribution < 1.29 is 77.5 Å². The van der Waals surface area contributed by atoms with E-state index in [0.29, 0.717) is 0 Å². The van der Waals surface area contributed by atoms with Gasteiger partial charge in [-0.3, -0.25) is 0 Å². The number of hydrogen-bond donors (Lipinski definition) is 0. The molecule has 0 aromatic carbocycles. The Hall–Kier alpha value is 1.34. The summed E-state index contributed by atoms with van der Waals surface area (Å²) in [6.45, 7) is 0. The first-order chi connectivity index (χ1) is 4.71. The molecule has 0 aliphatic rings. The van der Waals surface area contributed by atoms with E-state index in [-0.39, 0.29) is 51.4 Å². The molecule has 0 unspecified atom stereocenters. The molecule has 0 N–H and O–H groups in total. The van der Waals surface area contributed by atoms with Gasteiger partial charge in [0.25, 0.3) is 0 Å². The fourth-order valence-corrected chi connectivity index (χ4v) is 0.947. The topological polar surface area (TPSA) is 57.2 Å². The molecule has 0 bridgehead atoms. The van der Waals surface area contributed by atoms with Crippen LogP contribution in [0.25, 0.3) is 0 Å². The van der Waals surface area contributed by atoms with Crippen molar-refractivity contribution in [2.24, 2.45) is 0 Å². The molecule has 0 aromatic rings. The van der Waals surface area contributed by atoms with Crippen molar-refractivity contribution >= 4 is 10.1 Å². The molecule has 68 valence electrons. The van der Waals surface area contributed by atoms with E-state index in [1.807, 2.05) is 0 Å². The van der Waals surface area contributed by atoms with Crippen LogP contribution in [0.2, 0.25) is 0 Å². The molecular weight excluding hydrogens is 224 g/mol. The summed E-state index contributed by atoms with van der Waals surface area (Å²) in [4.78, 5) is 0. The Bertz CT molecular complexity index is 210. The van der Waals surface area contributed by atoms with E-state index < -0.39 is 34.9 Å². The zero-order valence-electron chi connectivity index (χ0n) is 6.39. The van der Waals surface area contributed by atoms with Crippen molar-refractivity contribution in [2.45, 2.75) is 19.0 Å². The van der Waals surface area contributed by atoms with Gasteiger partial charge in [-0.2, -0.15) is 13.2 Å². The van der Waals surface area contributed by atoms with Crippen LogP contribution in [-0.4, -0.2) is 24.9 Å². The van der Waals surface area contributed by atoms with Crippen molar-refractivity contribution in [3.63, 3.8) is 0 Å². The van der Waals surface area contributed by atoms with Gasteiger partial charge in [0.15, 0.2) is 0 Å². The van der Waals surface area contributed by atoms with E-state index >= 15 is 0 Å². The molecule has 0 fully saturated rings. The Labute approximate surface area is 111 Å². The van der Waals surface area contributed by atoms with Gasteiger partial charge < -0.3 is 4.55 Å². The van der Waals surface area contributed by atoms with E-state index in [1.165, 1.54) is 0 Å². The zero-order valence-corrected chi connectivity index (χ0v) is 10.3. The molecule has 0 aliphatic heterocycles. The third-order valence-corrected chi connectivity index (χ3v) is 1.64. The minimum atomic E-state index is -4.50. The second kappa shape index (κ2) is 5.94. The number of hydrogen-bond acceptors (Lipinski definition) is 3. The summed E-state index contributed by atoms with van der Waals surface area (Å²) in [7, 11) is -4.50. The first-order valence-electron chi connectivity index (χ1n) is 2.71. The molecule has 0 atom stereocenters. The normalized spacial score (nSPS) is 12.3. The fourth-order valence-electron chi connectivity index (χ4n) is 0.449. The summed E-state index contributed by atoms with van der Waals surface area (Å²) in [6, 6.07) is 0. The zero-order chi connectivity index (χ0) is 9.12. The standard InChI is InChI=1S/C4H7F3O3S.K/c5-4(6,7)2-1-3-11(8,9)10;/h1-3H2,(H,8,9,10);/q;+1/p-1. The van der Waals surface area contributed by atoms with Gasteiger partial charge in [0.1, 0.15) is 0 Å². The Morgan fingerprint density at radius 1 is 1.25 bits per heavy atom. The minimum Gasteiger partial charge on any atom is -0.748 e. The van der Waals surface area contributed by atoms with E-state index in [2.05, 4.69) is 0 Å². The van der Waals surface area contributed by atoms with Crippen LogP contribution in [0.4, 0.5) is 13.2 Å². The maximum atomic E-state index is 11.3. The molecule has 0 saturated heterocycles. The number of halogens is 3. The van der Waals surface area contributed by atoms with Gasteiger partial charge in [-0.25, -0.2) is 8.42 Å². The minimum absolute atomic E-state index is 0. The average molecular weight is 230 g/mol. The third-order valence-electron chi connectivity index (χ3n) is 0.855. The molecule has 0 aliphatic carbocycles. The molecule has 12 heavy (non-hydrogen) atoms. The summed E-state index contributed by atoms with van der Waals surface area (Å²) in [6.07, 6.45) is -6.27. The molecule has 0 aromatic heterocycles. The second-order valence-electron chi connectivity index (χ2n) is 1.98. The molecule has 0 saturated carbocycles. The second-order valence-corrected chi connectivity index (χ2v) is 3.50. The van der Waals surface area contributed by atoms with Crippen molar-refractivity contribution in [3.05, 3.63) is 0 Å². The maximum Gasteiger partial charge on any atom is 1.00 e. The van der Waals surface area contributed by atoms with Crippen LogP contribution in [0.15, 0.2) is 0 Å². The van der Waals surface area contributed by atoms with Gasteiger partial charge in [-0.1, -0.05) is 0 Å². The molecule has 0 radical (unpaired) electrons. The Morgan fingerprint density at radius 2 is 1.67 bits per heavy atom. The van der Waals surface area contributed by atoms with Crippen LogP contribution in [-0.2, 0) is 10.1 Å². The Morgan fingerprint density at radius 3 is 1.92 bits per heavy atom. The van der Waals surface area contributed by atoms with Gasteiger partial charge in [0.2, 0.25) is 0 Å². The van der Waals surface area contributed by atoms with Gasteiger partial charge >= 0.3 is 57.6 Å². The monoisotopic (exact) mass is 230 g/mol. The van der Waals surface area contributed by atoms with Gasteiger partial charge in [0, 0.05) is 12.2 Å². The fraction of sp³-hybridized carbons (Fsp3) is 1.00. The predicted molar refractivity (Wildman–Crippen MR) is 29.9 cm³/mol. The largest absolute Gasteiger partial charge is 1.00 e. The Balaban J connectivity index is 0. The SMILES string of the molecule is O=S(=O)([O-])CCCC(F)(F)F.[K+]. The summed E-state index contributed by atoms with van der Waals surface area (Å²) < 4.78 is 63.4. The van der Waals surface area contributed by atoms with E-state index in [1.54, 1.807) is 0 Å². The van der Waals surface area contributed by atoms with Gasteiger partial charge in [-0.15, -0.1) is 0 Å². The quantitative estimate of drug-likeness (QED) is 0.411. The van der Waals surface area contributed by atoms with Crippen molar-refractivity contribution in [1.29, 1.82) is 0 Å². The van der Waals surface area contributed by atoms with Crippen molar-refractivity contribution in [1.82, 2.24) is 0 Å². The molecule has 0 heterocycles. The smallest absolute Gasteiger partial charge is 0.748 e. The first-order valence-corrected chi connectivity index (χ1v) is 4.29. The van der Waals surface area contributed by atoms with Crippen LogP contribution < -0.4 is 51.4 Å². The van der Waals surface area contributed by atoms with Crippen molar-refractivity contribution in [3.8, 4) is 0 Å². The Kier molecular flexibility index (Phi) is 7.82. The molecule has 0 rings (SSSR count). The van der Waals surface area contributed by atoms with Gasteiger partial charge in [-0.05, 0) is 6.42 Å². The molecule has 8 heteroatoms. The van der Waals surface area contributed by atoms with Crippen LogP contribution in [0.5, 0.6) is 0 Å². The van der Waals surface area contributed by atoms with Crippen LogP contribution in [0.1, 0.15) is 12.8 Å². The number of alkyl halides is 3. The molecule has 3 nitrogen and oxygen atoms in total. The number of rotatable bonds is 3. The summed E-state index contributed by atoms with van der Waals surface area (Å²) in [5.41, 5.74) is 0. The van der Waals surface area contributed by atoms with E-state index in [9.17, 15) is 26.1 Å². The molecular formula is C4H6F3KO3S. The van der Waals surface area contributed by atoms with E-state index in [4.69, 9.17) is 0 Å².